The van der Waals surface area contributed by atoms with Crippen molar-refractivity contribution >= 4 is 11.8 Å². The molecule has 2 atom stereocenters. The van der Waals surface area contributed by atoms with Crippen LogP contribution in [0.3, 0.4) is 0 Å². The van der Waals surface area contributed by atoms with Crippen molar-refractivity contribution < 1.29 is 4.74 Å². The van der Waals surface area contributed by atoms with E-state index in [0.29, 0.717) is 0 Å². The molecular formula is C11H24N2OS. The van der Waals surface area contributed by atoms with E-state index in [-0.39, 0.29) is 0 Å². The zero-order chi connectivity index (χ0) is 11.1. The Kier molecular flexibility index (Phi) is 6.64. The minimum atomic E-state index is 0.737. The van der Waals surface area contributed by atoms with Crippen LogP contribution < -0.4 is 5.32 Å². The van der Waals surface area contributed by atoms with Gasteiger partial charge in [0.15, 0.2) is 0 Å². The van der Waals surface area contributed by atoms with Crippen molar-refractivity contribution in [2.24, 2.45) is 0 Å². The summed E-state index contributed by atoms with van der Waals surface area (Å²) in [5, 5.41) is 4.46. The quantitative estimate of drug-likeness (QED) is 0.709. The van der Waals surface area contributed by atoms with Crippen molar-refractivity contribution in [2.45, 2.75) is 24.6 Å². The smallest absolute Gasteiger partial charge is 0.0589 e. The number of methoxy groups -OCH3 is 1. The Morgan fingerprint density at radius 2 is 2.27 bits per heavy atom. The van der Waals surface area contributed by atoms with E-state index in [2.05, 4.69) is 35.9 Å². The van der Waals surface area contributed by atoms with E-state index in [1.165, 1.54) is 12.2 Å². The third-order valence-electron chi connectivity index (χ3n) is 2.80. The van der Waals surface area contributed by atoms with Crippen LogP contribution in [0, 0.1) is 0 Å². The molecule has 0 spiro atoms. The molecule has 4 heteroatoms. The maximum absolute atomic E-state index is 5.04. The number of nitrogens with zero attached hydrogens (tertiary/aromatic N) is 1. The van der Waals surface area contributed by atoms with Gasteiger partial charge in [-0.3, -0.25) is 0 Å². The lowest BCUT2D eigenvalue weighted by atomic mass is 10.2. The predicted molar refractivity (Wildman–Crippen MR) is 67.7 cm³/mol. The summed E-state index contributed by atoms with van der Waals surface area (Å²) in [5.41, 5.74) is 0. The van der Waals surface area contributed by atoms with Crippen molar-refractivity contribution in [3.63, 3.8) is 0 Å². The number of likely N-dealkylation sites (N-methyl/N-ethyl adjacent to an activating group) is 1. The standard InChI is InChI=1S/C11H24N2OS/c1-10-8-11(9-15-10)12-4-5-13(2)6-7-14-3/h10-12H,4-9H2,1-3H3. The first-order valence-corrected chi connectivity index (χ1v) is 6.79. The minimum absolute atomic E-state index is 0.737. The number of hydrogen-bond acceptors (Lipinski definition) is 4. The van der Waals surface area contributed by atoms with E-state index in [1.54, 1.807) is 7.11 Å². The number of ether oxygens (including phenoxy) is 1. The van der Waals surface area contributed by atoms with Crippen LogP contribution in [0.1, 0.15) is 13.3 Å². The summed E-state index contributed by atoms with van der Waals surface area (Å²) < 4.78 is 5.04. The highest BCUT2D eigenvalue weighted by Gasteiger charge is 2.20. The molecule has 1 N–H and O–H groups in total. The van der Waals surface area contributed by atoms with Gasteiger partial charge in [0.1, 0.15) is 0 Å². The van der Waals surface area contributed by atoms with Gasteiger partial charge in [-0.1, -0.05) is 6.92 Å². The Hall–Kier alpha value is 0.230. The van der Waals surface area contributed by atoms with Gasteiger partial charge in [0.2, 0.25) is 0 Å². The lowest BCUT2D eigenvalue weighted by molar-refractivity contribution is 0.161. The third kappa shape index (κ3) is 5.76. The first-order chi connectivity index (χ1) is 7.22. The lowest BCUT2D eigenvalue weighted by Gasteiger charge is -2.18. The third-order valence-corrected chi connectivity index (χ3v) is 4.16. The molecule has 1 heterocycles. The van der Waals surface area contributed by atoms with Crippen molar-refractivity contribution in [3.8, 4) is 0 Å². The van der Waals surface area contributed by atoms with Gasteiger partial charge in [-0.05, 0) is 13.5 Å². The largest absolute Gasteiger partial charge is 0.383 e. The van der Waals surface area contributed by atoms with E-state index < -0.39 is 0 Å². The first-order valence-electron chi connectivity index (χ1n) is 5.75. The van der Waals surface area contributed by atoms with E-state index in [4.69, 9.17) is 4.74 Å². The maximum Gasteiger partial charge on any atom is 0.0589 e. The van der Waals surface area contributed by atoms with Gasteiger partial charge in [-0.2, -0.15) is 11.8 Å². The molecule has 2 unspecified atom stereocenters. The molecule has 1 saturated heterocycles. The SMILES string of the molecule is COCCN(C)CCNC1CSC(C)C1. The zero-order valence-electron chi connectivity index (χ0n) is 10.2. The maximum atomic E-state index is 5.04. The molecule has 90 valence electrons. The molecule has 3 nitrogen and oxygen atoms in total. The van der Waals surface area contributed by atoms with Crippen LogP contribution in [-0.4, -0.2) is 62.3 Å². The highest BCUT2D eigenvalue weighted by molar-refractivity contribution is 8.00. The second kappa shape index (κ2) is 7.49. The average Bonchev–Trinajstić information content (AvgIpc) is 2.61. The summed E-state index contributed by atoms with van der Waals surface area (Å²) in [7, 11) is 3.90. The van der Waals surface area contributed by atoms with Crippen LogP contribution in [0.25, 0.3) is 0 Å². The first kappa shape index (κ1) is 13.3. The van der Waals surface area contributed by atoms with Gasteiger partial charge >= 0.3 is 0 Å². The van der Waals surface area contributed by atoms with Gasteiger partial charge in [0, 0.05) is 43.8 Å². The molecule has 0 bridgehead atoms. The van der Waals surface area contributed by atoms with E-state index in [1.807, 2.05) is 0 Å². The highest BCUT2D eigenvalue weighted by Crippen LogP contribution is 2.25. The fourth-order valence-corrected chi connectivity index (χ4v) is 2.96. The molecule has 0 radical (unpaired) electrons. The van der Waals surface area contributed by atoms with Crippen LogP contribution in [0.2, 0.25) is 0 Å². The van der Waals surface area contributed by atoms with Crippen molar-refractivity contribution in [1.29, 1.82) is 0 Å². The Labute approximate surface area is 97.9 Å². The molecule has 0 aliphatic carbocycles. The Bertz CT molecular complexity index is 169. The Balaban J connectivity index is 1.96. The monoisotopic (exact) mass is 232 g/mol. The van der Waals surface area contributed by atoms with E-state index in [0.717, 1.165) is 37.5 Å². The summed E-state index contributed by atoms with van der Waals surface area (Å²) in [4.78, 5) is 2.31. The number of nitrogens with one attached hydrogen (secondary N) is 1. The molecule has 0 aromatic rings. The minimum Gasteiger partial charge on any atom is -0.383 e. The molecular weight excluding hydrogens is 208 g/mol. The predicted octanol–water partition coefficient (Wildman–Crippen LogP) is 1.05. The van der Waals surface area contributed by atoms with Crippen LogP contribution in [0.15, 0.2) is 0 Å². The van der Waals surface area contributed by atoms with Crippen molar-refractivity contribution in [1.82, 2.24) is 10.2 Å². The lowest BCUT2D eigenvalue weighted by Crippen LogP contribution is -2.36. The van der Waals surface area contributed by atoms with Crippen LogP contribution >= 0.6 is 11.8 Å². The fraction of sp³-hybridized carbons (Fsp3) is 1.00. The second-order valence-corrected chi connectivity index (χ2v) is 5.80. The molecule has 15 heavy (non-hydrogen) atoms. The summed E-state index contributed by atoms with van der Waals surface area (Å²) in [6.07, 6.45) is 1.33. The molecule has 1 aliphatic rings. The Morgan fingerprint density at radius 1 is 1.47 bits per heavy atom. The summed E-state index contributed by atoms with van der Waals surface area (Å²) in [6.45, 7) is 6.37. The van der Waals surface area contributed by atoms with Crippen LogP contribution in [-0.2, 0) is 4.74 Å². The molecule has 0 aromatic carbocycles. The van der Waals surface area contributed by atoms with Gasteiger partial charge in [0.05, 0.1) is 6.61 Å². The topological polar surface area (TPSA) is 24.5 Å². The van der Waals surface area contributed by atoms with Gasteiger partial charge in [-0.25, -0.2) is 0 Å². The molecule has 1 rings (SSSR count). The summed E-state index contributed by atoms with van der Waals surface area (Å²) in [6, 6.07) is 0.737. The molecule has 0 amide bonds. The molecule has 0 aromatic heterocycles. The van der Waals surface area contributed by atoms with Gasteiger partial charge < -0.3 is 15.0 Å². The van der Waals surface area contributed by atoms with E-state index >= 15 is 0 Å². The van der Waals surface area contributed by atoms with Crippen molar-refractivity contribution in [2.75, 3.05) is 46.2 Å². The van der Waals surface area contributed by atoms with Crippen molar-refractivity contribution in [3.05, 3.63) is 0 Å². The van der Waals surface area contributed by atoms with Gasteiger partial charge in [-0.15, -0.1) is 0 Å². The van der Waals surface area contributed by atoms with Crippen LogP contribution in [0.4, 0.5) is 0 Å². The number of thioether (sulfide) groups is 1. The molecule has 1 fully saturated rings. The number of hydrogen-bond donors (Lipinski definition) is 1. The van der Waals surface area contributed by atoms with E-state index in [9.17, 15) is 0 Å². The molecule has 0 saturated carbocycles. The summed E-state index contributed by atoms with van der Waals surface area (Å²) >= 11 is 2.08. The highest BCUT2D eigenvalue weighted by atomic mass is 32.2. The fourth-order valence-electron chi connectivity index (χ4n) is 1.78. The summed E-state index contributed by atoms with van der Waals surface area (Å²) in [5.74, 6) is 1.28. The zero-order valence-corrected chi connectivity index (χ0v) is 11.0. The normalized spacial score (nSPS) is 26.4. The van der Waals surface area contributed by atoms with Gasteiger partial charge in [0.25, 0.3) is 0 Å². The number of rotatable bonds is 7. The van der Waals surface area contributed by atoms with Crippen LogP contribution in [0.5, 0.6) is 0 Å². The average molecular weight is 232 g/mol. The Morgan fingerprint density at radius 3 is 2.87 bits per heavy atom. The molecule has 1 aliphatic heterocycles. The second-order valence-electron chi connectivity index (χ2n) is 4.33.